The first-order chi connectivity index (χ1) is 14.0. The van der Waals surface area contributed by atoms with Crippen LogP contribution >= 0.6 is 0 Å². The van der Waals surface area contributed by atoms with Gasteiger partial charge in [-0.15, -0.1) is 4.40 Å². The lowest BCUT2D eigenvalue weighted by Gasteiger charge is -2.29. The normalized spacial score (nSPS) is 18.3. The highest BCUT2D eigenvalue weighted by molar-refractivity contribution is 7.90. The summed E-state index contributed by atoms with van der Waals surface area (Å²) >= 11 is 0. The van der Waals surface area contributed by atoms with Crippen molar-refractivity contribution in [2.75, 3.05) is 12.3 Å². The molecule has 29 heavy (non-hydrogen) atoms. The van der Waals surface area contributed by atoms with E-state index in [0.29, 0.717) is 6.42 Å². The fraction of sp³-hybridized carbons (Fsp3) is 0.182. The van der Waals surface area contributed by atoms with E-state index in [0.717, 1.165) is 11.1 Å². The number of rotatable bonds is 5. The summed E-state index contributed by atoms with van der Waals surface area (Å²) in [6.07, 6.45) is 5.70. The topological polar surface area (TPSA) is 78.8 Å². The van der Waals surface area contributed by atoms with Gasteiger partial charge in [0.1, 0.15) is 0 Å². The van der Waals surface area contributed by atoms with Crippen LogP contribution in [0.15, 0.2) is 89.0 Å². The van der Waals surface area contributed by atoms with Gasteiger partial charge in [-0.3, -0.25) is 4.79 Å². The first kappa shape index (κ1) is 19.1. The standard InChI is InChI=1S/C22H21N3O3S/c26-22(19-12-7-13-25-14-15-29(27,28)24-21(19)25)23-20(18-10-5-2-6-11-18)16-17-8-3-1-4-9-17/h1-13,20H,14-16H2,(H,23,26). The van der Waals surface area contributed by atoms with Crippen LogP contribution in [0.2, 0.25) is 0 Å². The zero-order chi connectivity index (χ0) is 20.3. The molecule has 0 aliphatic carbocycles. The largest absolute Gasteiger partial charge is 0.345 e. The number of carbonyl (C=O) groups is 1. The molecule has 4 rings (SSSR count). The molecule has 2 heterocycles. The highest BCUT2D eigenvalue weighted by Gasteiger charge is 2.30. The van der Waals surface area contributed by atoms with Gasteiger partial charge >= 0.3 is 0 Å². The molecular weight excluding hydrogens is 386 g/mol. The number of nitrogens with one attached hydrogen (secondary N) is 1. The van der Waals surface area contributed by atoms with Crippen LogP contribution in [-0.2, 0) is 21.2 Å². The predicted octanol–water partition coefficient (Wildman–Crippen LogP) is 2.58. The van der Waals surface area contributed by atoms with E-state index >= 15 is 0 Å². The molecule has 1 N–H and O–H groups in total. The Morgan fingerprint density at radius 1 is 1.07 bits per heavy atom. The number of carbonyl (C=O) groups excluding carboxylic acids is 1. The van der Waals surface area contributed by atoms with E-state index < -0.39 is 10.0 Å². The molecule has 6 nitrogen and oxygen atoms in total. The van der Waals surface area contributed by atoms with Crippen LogP contribution in [0.25, 0.3) is 0 Å². The molecule has 0 spiro atoms. The fourth-order valence-corrected chi connectivity index (χ4v) is 4.40. The van der Waals surface area contributed by atoms with Gasteiger partial charge in [0.2, 0.25) is 0 Å². The van der Waals surface area contributed by atoms with E-state index in [2.05, 4.69) is 9.71 Å². The molecule has 0 bridgehead atoms. The van der Waals surface area contributed by atoms with E-state index in [4.69, 9.17) is 0 Å². The van der Waals surface area contributed by atoms with Crippen LogP contribution in [-0.4, -0.2) is 37.4 Å². The van der Waals surface area contributed by atoms with Crippen LogP contribution in [0.3, 0.4) is 0 Å². The van der Waals surface area contributed by atoms with Crippen LogP contribution in [0, 0.1) is 0 Å². The number of hydrogen-bond acceptors (Lipinski definition) is 4. The predicted molar refractivity (Wildman–Crippen MR) is 113 cm³/mol. The van der Waals surface area contributed by atoms with Gasteiger partial charge in [-0.1, -0.05) is 60.7 Å². The quantitative estimate of drug-likeness (QED) is 0.826. The van der Waals surface area contributed by atoms with Crippen molar-refractivity contribution in [2.45, 2.75) is 12.5 Å². The summed E-state index contributed by atoms with van der Waals surface area (Å²) in [5.41, 5.74) is 2.33. The number of hydrogen-bond donors (Lipinski definition) is 1. The van der Waals surface area contributed by atoms with Gasteiger partial charge in [0.15, 0.2) is 5.84 Å². The Morgan fingerprint density at radius 3 is 2.48 bits per heavy atom. The Hall–Kier alpha value is -3.19. The minimum atomic E-state index is -3.56. The maximum atomic E-state index is 13.1. The lowest BCUT2D eigenvalue weighted by molar-refractivity contribution is -0.117. The lowest BCUT2D eigenvalue weighted by Crippen LogP contribution is -2.43. The highest BCUT2D eigenvalue weighted by Crippen LogP contribution is 2.22. The number of sulfonamides is 1. The molecule has 2 aliphatic rings. The maximum absolute atomic E-state index is 13.1. The first-order valence-electron chi connectivity index (χ1n) is 9.40. The SMILES string of the molecule is O=C(NC(Cc1ccccc1)c1ccccc1)C1=CC=CN2CCS(=O)(=O)N=C12. The van der Waals surface area contributed by atoms with Crippen LogP contribution < -0.4 is 5.32 Å². The molecule has 2 aromatic rings. The van der Waals surface area contributed by atoms with Crippen LogP contribution in [0.5, 0.6) is 0 Å². The van der Waals surface area contributed by atoms with E-state index in [1.165, 1.54) is 0 Å². The highest BCUT2D eigenvalue weighted by atomic mass is 32.2. The smallest absolute Gasteiger partial charge is 0.256 e. The Morgan fingerprint density at radius 2 is 1.76 bits per heavy atom. The Labute approximate surface area is 170 Å². The van der Waals surface area contributed by atoms with Crippen LogP contribution in [0.1, 0.15) is 17.2 Å². The van der Waals surface area contributed by atoms with Crippen molar-refractivity contribution in [3.05, 3.63) is 95.7 Å². The summed E-state index contributed by atoms with van der Waals surface area (Å²) < 4.78 is 27.8. The Bertz CT molecular complexity index is 1090. The van der Waals surface area contributed by atoms with Gasteiger partial charge in [0, 0.05) is 12.7 Å². The molecule has 2 aliphatic heterocycles. The van der Waals surface area contributed by atoms with Crippen molar-refractivity contribution in [3.8, 4) is 0 Å². The number of benzene rings is 2. The molecule has 148 valence electrons. The third-order valence-corrected chi connectivity index (χ3v) is 6.04. The minimum Gasteiger partial charge on any atom is -0.345 e. The first-order valence-corrected chi connectivity index (χ1v) is 11.0. The van der Waals surface area contributed by atoms with Gasteiger partial charge in [0.25, 0.3) is 15.9 Å². The molecule has 7 heteroatoms. The second kappa shape index (κ2) is 8.05. The number of nitrogens with zero attached hydrogens (tertiary/aromatic N) is 2. The number of allylic oxidation sites excluding steroid dienone is 2. The summed E-state index contributed by atoms with van der Waals surface area (Å²) in [4.78, 5) is 14.8. The van der Waals surface area contributed by atoms with Crippen molar-refractivity contribution in [1.29, 1.82) is 0 Å². The van der Waals surface area contributed by atoms with E-state index in [9.17, 15) is 13.2 Å². The molecule has 1 amide bonds. The van der Waals surface area contributed by atoms with E-state index in [-0.39, 0.29) is 35.7 Å². The average molecular weight is 407 g/mol. The van der Waals surface area contributed by atoms with E-state index in [1.54, 1.807) is 23.3 Å². The summed E-state index contributed by atoms with van der Waals surface area (Å²) in [7, 11) is -3.56. The second-order valence-electron chi connectivity index (χ2n) is 6.94. The summed E-state index contributed by atoms with van der Waals surface area (Å²) in [5.74, 6) is -0.223. The Kier molecular flexibility index (Phi) is 5.31. The molecular formula is C22H21N3O3S. The summed E-state index contributed by atoms with van der Waals surface area (Å²) in [6, 6.07) is 19.4. The summed E-state index contributed by atoms with van der Waals surface area (Å²) in [5, 5.41) is 3.07. The van der Waals surface area contributed by atoms with Crippen molar-refractivity contribution in [1.82, 2.24) is 10.2 Å². The molecule has 0 radical (unpaired) electrons. The minimum absolute atomic E-state index is 0.0591. The third-order valence-electron chi connectivity index (χ3n) is 4.89. The molecule has 2 aromatic carbocycles. The number of amides is 1. The third kappa shape index (κ3) is 4.46. The van der Waals surface area contributed by atoms with Gasteiger partial charge in [-0.05, 0) is 29.7 Å². The molecule has 0 aromatic heterocycles. The van der Waals surface area contributed by atoms with Gasteiger partial charge in [-0.2, -0.15) is 0 Å². The zero-order valence-corrected chi connectivity index (χ0v) is 16.5. The molecule has 1 atom stereocenters. The zero-order valence-electron chi connectivity index (χ0n) is 15.7. The fourth-order valence-electron chi connectivity index (χ4n) is 3.42. The summed E-state index contributed by atoms with van der Waals surface area (Å²) in [6.45, 7) is 0.286. The van der Waals surface area contributed by atoms with Crippen molar-refractivity contribution in [2.24, 2.45) is 4.40 Å². The van der Waals surface area contributed by atoms with Gasteiger partial charge in [0.05, 0.1) is 17.4 Å². The second-order valence-corrected chi connectivity index (χ2v) is 8.70. The van der Waals surface area contributed by atoms with Crippen molar-refractivity contribution in [3.63, 3.8) is 0 Å². The lowest BCUT2D eigenvalue weighted by atomic mass is 9.98. The van der Waals surface area contributed by atoms with E-state index in [1.807, 2.05) is 60.7 Å². The molecule has 1 unspecified atom stereocenters. The molecule has 0 fully saturated rings. The molecule has 0 saturated carbocycles. The maximum Gasteiger partial charge on any atom is 0.256 e. The number of fused-ring (bicyclic) bond motifs is 1. The number of amidine groups is 1. The average Bonchev–Trinajstić information content (AvgIpc) is 2.73. The van der Waals surface area contributed by atoms with Crippen molar-refractivity contribution < 1.29 is 13.2 Å². The van der Waals surface area contributed by atoms with Crippen LogP contribution in [0.4, 0.5) is 0 Å². The monoisotopic (exact) mass is 407 g/mol. The molecule has 0 saturated heterocycles. The van der Waals surface area contributed by atoms with Gasteiger partial charge in [-0.25, -0.2) is 8.42 Å². The van der Waals surface area contributed by atoms with Gasteiger partial charge < -0.3 is 10.2 Å². The Balaban J connectivity index is 1.62. The van der Waals surface area contributed by atoms with Crippen molar-refractivity contribution >= 4 is 21.8 Å².